The molecule has 0 unspecified atom stereocenters. The molecule has 1 fully saturated rings. The lowest BCUT2D eigenvalue weighted by Crippen LogP contribution is -2.39. The molecule has 1 amide bonds. The van der Waals surface area contributed by atoms with Crippen molar-refractivity contribution in [2.75, 3.05) is 19.7 Å². The van der Waals surface area contributed by atoms with Crippen LogP contribution < -0.4 is 0 Å². The van der Waals surface area contributed by atoms with Crippen molar-refractivity contribution in [1.82, 2.24) is 9.21 Å². The van der Waals surface area contributed by atoms with E-state index < -0.39 is 16.0 Å². The summed E-state index contributed by atoms with van der Waals surface area (Å²) in [5.41, 5.74) is 1.66. The smallest absolute Gasteiger partial charge is 0.331 e. The average Bonchev–Trinajstić information content (AvgIpc) is 3.16. The first kappa shape index (κ1) is 26.6. The van der Waals surface area contributed by atoms with Crippen LogP contribution in [0.15, 0.2) is 65.6 Å². The van der Waals surface area contributed by atoms with Crippen molar-refractivity contribution in [3.05, 3.63) is 71.8 Å². The summed E-state index contributed by atoms with van der Waals surface area (Å²) < 4.78 is 32.5. The van der Waals surface area contributed by atoms with Crippen molar-refractivity contribution >= 4 is 28.0 Å². The molecular formula is C27H34N2O5S. The van der Waals surface area contributed by atoms with E-state index in [-0.39, 0.29) is 23.5 Å². The molecule has 2 aromatic carbocycles. The minimum atomic E-state index is -3.51. The number of nitrogens with zero attached hydrogens (tertiary/aromatic N) is 2. The predicted molar refractivity (Wildman–Crippen MR) is 136 cm³/mol. The molecule has 0 atom stereocenters. The number of carbonyl (C=O) groups excluding carboxylic acids is 2. The fourth-order valence-corrected chi connectivity index (χ4v) is 5.47. The highest BCUT2D eigenvalue weighted by Crippen LogP contribution is 2.21. The maximum Gasteiger partial charge on any atom is 0.331 e. The van der Waals surface area contributed by atoms with E-state index >= 15 is 0 Å². The molecule has 3 rings (SSSR count). The molecular weight excluding hydrogens is 464 g/mol. The molecule has 1 aliphatic heterocycles. The van der Waals surface area contributed by atoms with Gasteiger partial charge in [0.25, 0.3) is 5.91 Å². The van der Waals surface area contributed by atoms with Gasteiger partial charge in [0.1, 0.15) is 0 Å². The first-order valence-corrected chi connectivity index (χ1v) is 13.5. The van der Waals surface area contributed by atoms with Gasteiger partial charge in [-0.05, 0) is 56.0 Å². The highest BCUT2D eigenvalue weighted by atomic mass is 32.2. The van der Waals surface area contributed by atoms with Gasteiger partial charge in [0.2, 0.25) is 10.0 Å². The third-order valence-electron chi connectivity index (χ3n) is 5.97. The molecule has 1 heterocycles. The number of hydrogen-bond acceptors (Lipinski definition) is 5. The van der Waals surface area contributed by atoms with Gasteiger partial charge in [-0.2, -0.15) is 4.31 Å². The largest absolute Gasteiger partial charge is 0.452 e. The Morgan fingerprint density at radius 2 is 1.60 bits per heavy atom. The molecule has 1 saturated heterocycles. The lowest BCUT2D eigenvalue weighted by molar-refractivity contribution is -0.149. The van der Waals surface area contributed by atoms with E-state index in [9.17, 15) is 18.0 Å². The number of esters is 1. The van der Waals surface area contributed by atoms with Crippen LogP contribution in [0.3, 0.4) is 0 Å². The van der Waals surface area contributed by atoms with Crippen LogP contribution in [-0.4, -0.2) is 55.2 Å². The van der Waals surface area contributed by atoms with Crippen molar-refractivity contribution in [3.63, 3.8) is 0 Å². The Bertz CT molecular complexity index is 1100. The topological polar surface area (TPSA) is 84.0 Å². The summed E-state index contributed by atoms with van der Waals surface area (Å²) in [5.74, 6) is -0.906. The molecule has 35 heavy (non-hydrogen) atoms. The Morgan fingerprint density at radius 1 is 0.971 bits per heavy atom. The second kappa shape index (κ2) is 12.7. The summed E-state index contributed by atoms with van der Waals surface area (Å²) in [6.07, 6.45) is 6.65. The summed E-state index contributed by atoms with van der Waals surface area (Å²) in [7, 11) is -3.51. The van der Waals surface area contributed by atoms with E-state index in [1.165, 1.54) is 6.08 Å². The van der Waals surface area contributed by atoms with Crippen LogP contribution in [0.4, 0.5) is 0 Å². The number of benzene rings is 2. The molecule has 0 spiro atoms. The molecule has 0 bridgehead atoms. The van der Waals surface area contributed by atoms with Crippen LogP contribution in [0.25, 0.3) is 6.08 Å². The van der Waals surface area contributed by atoms with E-state index in [0.717, 1.165) is 31.2 Å². The van der Waals surface area contributed by atoms with Crippen molar-refractivity contribution in [3.8, 4) is 0 Å². The zero-order valence-corrected chi connectivity index (χ0v) is 21.2. The third-order valence-corrected chi connectivity index (χ3v) is 7.88. The SMILES string of the molecule is CC(C)N(Cc1ccccc1)C(=O)COC(=O)/C=C/c1ccc(S(=O)(=O)N2CCCCCC2)cc1. The summed E-state index contributed by atoms with van der Waals surface area (Å²) in [6.45, 7) is 5.03. The number of hydrogen-bond donors (Lipinski definition) is 0. The monoisotopic (exact) mass is 498 g/mol. The summed E-state index contributed by atoms with van der Waals surface area (Å²) in [4.78, 5) is 26.7. The van der Waals surface area contributed by atoms with Crippen LogP contribution in [0.1, 0.15) is 50.7 Å². The summed E-state index contributed by atoms with van der Waals surface area (Å²) in [6, 6.07) is 16.0. The maximum atomic E-state index is 12.9. The van der Waals surface area contributed by atoms with Crippen LogP contribution in [0.2, 0.25) is 0 Å². The van der Waals surface area contributed by atoms with Crippen LogP contribution in [0.5, 0.6) is 0 Å². The minimum Gasteiger partial charge on any atom is -0.452 e. The highest BCUT2D eigenvalue weighted by Gasteiger charge is 2.25. The van der Waals surface area contributed by atoms with Crippen molar-refractivity contribution in [2.24, 2.45) is 0 Å². The first-order chi connectivity index (χ1) is 16.8. The van der Waals surface area contributed by atoms with Crippen LogP contribution in [-0.2, 0) is 30.9 Å². The van der Waals surface area contributed by atoms with E-state index in [1.807, 2.05) is 44.2 Å². The molecule has 0 saturated carbocycles. The van der Waals surface area contributed by atoms with E-state index in [2.05, 4.69) is 0 Å². The molecule has 0 aliphatic carbocycles. The number of amides is 1. The second-order valence-corrected chi connectivity index (χ2v) is 10.9. The molecule has 8 heteroatoms. The maximum absolute atomic E-state index is 12.9. The molecule has 188 valence electrons. The summed E-state index contributed by atoms with van der Waals surface area (Å²) >= 11 is 0. The molecule has 0 radical (unpaired) electrons. The lowest BCUT2D eigenvalue weighted by atomic mass is 10.2. The lowest BCUT2D eigenvalue weighted by Gasteiger charge is -2.26. The zero-order chi connectivity index (χ0) is 25.3. The zero-order valence-electron chi connectivity index (χ0n) is 20.4. The summed E-state index contributed by atoms with van der Waals surface area (Å²) in [5, 5.41) is 0. The fraction of sp³-hybridized carbons (Fsp3) is 0.407. The Hall–Kier alpha value is -2.97. The Kier molecular flexibility index (Phi) is 9.63. The van der Waals surface area contributed by atoms with Gasteiger partial charge in [0, 0.05) is 31.8 Å². The van der Waals surface area contributed by atoms with Gasteiger partial charge in [-0.1, -0.05) is 55.3 Å². The second-order valence-electron chi connectivity index (χ2n) is 8.93. The molecule has 1 aliphatic rings. The van der Waals surface area contributed by atoms with Crippen molar-refractivity contribution < 1.29 is 22.7 Å². The van der Waals surface area contributed by atoms with Crippen LogP contribution in [0, 0.1) is 0 Å². The van der Waals surface area contributed by atoms with E-state index in [4.69, 9.17) is 4.74 Å². The Balaban J connectivity index is 1.54. The molecule has 2 aromatic rings. The van der Waals surface area contributed by atoms with Gasteiger partial charge < -0.3 is 9.64 Å². The van der Waals surface area contributed by atoms with Crippen LogP contribution >= 0.6 is 0 Å². The van der Waals surface area contributed by atoms with Gasteiger partial charge in [0.05, 0.1) is 4.90 Å². The average molecular weight is 499 g/mol. The number of ether oxygens (including phenoxy) is 1. The van der Waals surface area contributed by atoms with Crippen molar-refractivity contribution in [1.29, 1.82) is 0 Å². The van der Waals surface area contributed by atoms with E-state index in [0.29, 0.717) is 25.2 Å². The highest BCUT2D eigenvalue weighted by molar-refractivity contribution is 7.89. The standard InChI is InChI=1S/C27H34N2O5S/c1-22(2)29(20-24-10-6-5-7-11-24)26(30)21-34-27(31)17-14-23-12-15-25(16-13-23)35(32,33)28-18-8-3-4-9-19-28/h5-7,10-17,22H,3-4,8-9,18-21H2,1-2H3/b17-14+. The molecule has 7 nitrogen and oxygen atoms in total. The Labute approximate surface area is 208 Å². The van der Waals surface area contributed by atoms with Crippen molar-refractivity contribution in [2.45, 2.75) is 57.0 Å². The van der Waals surface area contributed by atoms with Gasteiger partial charge in [-0.25, -0.2) is 13.2 Å². The van der Waals surface area contributed by atoms with Gasteiger partial charge in [0.15, 0.2) is 6.61 Å². The number of carbonyl (C=O) groups is 2. The molecule has 0 aromatic heterocycles. The normalized spacial score (nSPS) is 15.2. The minimum absolute atomic E-state index is 0.0407. The third kappa shape index (κ3) is 7.77. The number of sulfonamides is 1. The van der Waals surface area contributed by atoms with E-state index in [1.54, 1.807) is 39.5 Å². The van der Waals surface area contributed by atoms with Gasteiger partial charge in [-0.15, -0.1) is 0 Å². The quantitative estimate of drug-likeness (QED) is 0.381. The molecule has 0 N–H and O–H groups in total. The first-order valence-electron chi connectivity index (χ1n) is 12.1. The Morgan fingerprint density at radius 3 is 2.20 bits per heavy atom. The fourth-order valence-electron chi connectivity index (χ4n) is 3.95. The van der Waals surface area contributed by atoms with Gasteiger partial charge in [-0.3, -0.25) is 4.79 Å². The number of rotatable bonds is 9. The van der Waals surface area contributed by atoms with Gasteiger partial charge >= 0.3 is 5.97 Å². The predicted octanol–water partition coefficient (Wildman–Crippen LogP) is 4.24.